The van der Waals surface area contributed by atoms with E-state index in [2.05, 4.69) is 9.08 Å². The SMILES string of the molecule is CNS(=O)(=NC(=O)Cc1c2c(c(F)c3c1CCC3)CCC2)c1sc(C)c(C(C)(C)O)c1F. The first kappa shape index (κ1) is 23.5. The van der Waals surface area contributed by atoms with E-state index in [1.807, 2.05) is 0 Å². The number of carbonyl (C=O) groups is 1. The second-order valence-electron chi connectivity index (χ2n) is 9.00. The summed E-state index contributed by atoms with van der Waals surface area (Å²) in [5.41, 5.74) is 2.61. The summed E-state index contributed by atoms with van der Waals surface area (Å²) in [6.07, 6.45) is 4.39. The van der Waals surface area contributed by atoms with Gasteiger partial charge in [0.2, 0.25) is 0 Å². The van der Waals surface area contributed by atoms with Crippen molar-refractivity contribution in [3.8, 4) is 0 Å². The van der Waals surface area contributed by atoms with Gasteiger partial charge in [0.15, 0.2) is 19.9 Å². The largest absolute Gasteiger partial charge is 0.386 e. The summed E-state index contributed by atoms with van der Waals surface area (Å²) in [5, 5.41) is 10.3. The van der Waals surface area contributed by atoms with Crippen LogP contribution < -0.4 is 4.72 Å². The van der Waals surface area contributed by atoms with Crippen LogP contribution in [-0.4, -0.2) is 22.3 Å². The molecule has 32 heavy (non-hydrogen) atoms. The van der Waals surface area contributed by atoms with E-state index in [0.717, 1.165) is 53.7 Å². The lowest BCUT2D eigenvalue weighted by atomic mass is 9.91. The van der Waals surface area contributed by atoms with Gasteiger partial charge in [-0.1, -0.05) is 0 Å². The molecule has 0 fully saturated rings. The van der Waals surface area contributed by atoms with Gasteiger partial charge in [0.1, 0.15) is 5.82 Å². The molecule has 1 aromatic carbocycles. The number of halogens is 2. The lowest BCUT2D eigenvalue weighted by Crippen LogP contribution is -2.22. The molecule has 9 heteroatoms. The molecule has 0 radical (unpaired) electrons. The van der Waals surface area contributed by atoms with E-state index >= 15 is 4.39 Å². The smallest absolute Gasteiger partial charge is 0.259 e. The highest BCUT2D eigenvalue weighted by atomic mass is 32.2. The predicted octanol–water partition coefficient (Wildman–Crippen LogP) is 4.27. The lowest BCUT2D eigenvalue weighted by Gasteiger charge is -2.17. The van der Waals surface area contributed by atoms with E-state index < -0.39 is 27.2 Å². The molecule has 2 aliphatic carbocycles. The fraction of sp³-hybridized carbons (Fsp3) is 0.522. The molecule has 174 valence electrons. The van der Waals surface area contributed by atoms with Crippen molar-refractivity contribution in [1.82, 2.24) is 4.72 Å². The third-order valence-electron chi connectivity index (χ3n) is 6.39. The van der Waals surface area contributed by atoms with Gasteiger partial charge in [0.25, 0.3) is 5.91 Å². The average Bonchev–Trinajstić information content (AvgIpc) is 3.43. The van der Waals surface area contributed by atoms with Crippen LogP contribution in [0.1, 0.15) is 64.9 Å². The Morgan fingerprint density at radius 1 is 1.09 bits per heavy atom. The van der Waals surface area contributed by atoms with Crippen LogP contribution in [0.15, 0.2) is 8.57 Å². The predicted molar refractivity (Wildman–Crippen MR) is 121 cm³/mol. The maximum Gasteiger partial charge on any atom is 0.259 e. The van der Waals surface area contributed by atoms with Crippen molar-refractivity contribution in [3.05, 3.63) is 49.9 Å². The number of carbonyl (C=O) groups excluding carboxylic acids is 1. The van der Waals surface area contributed by atoms with Crippen LogP contribution in [0.3, 0.4) is 0 Å². The van der Waals surface area contributed by atoms with Gasteiger partial charge in [0, 0.05) is 10.4 Å². The fourth-order valence-electron chi connectivity index (χ4n) is 5.09. The molecular formula is C23H28F2N2O3S2. The third-order valence-corrected chi connectivity index (χ3v) is 9.89. The molecule has 1 aromatic heterocycles. The second-order valence-corrected chi connectivity index (χ2v) is 12.5. The van der Waals surface area contributed by atoms with Crippen LogP contribution in [0, 0.1) is 18.6 Å². The van der Waals surface area contributed by atoms with Gasteiger partial charge in [0.05, 0.1) is 12.0 Å². The molecule has 1 atom stereocenters. The summed E-state index contributed by atoms with van der Waals surface area (Å²) in [6.45, 7) is 4.54. The van der Waals surface area contributed by atoms with Crippen molar-refractivity contribution < 1.29 is 22.9 Å². The maximum atomic E-state index is 15.2. The molecule has 0 saturated heterocycles. The molecule has 4 rings (SSSR count). The first-order chi connectivity index (χ1) is 15.0. The van der Waals surface area contributed by atoms with E-state index in [-0.39, 0.29) is 22.0 Å². The monoisotopic (exact) mass is 482 g/mol. The summed E-state index contributed by atoms with van der Waals surface area (Å²) in [7, 11) is -2.20. The molecule has 2 aliphatic rings. The molecule has 2 aromatic rings. The third kappa shape index (κ3) is 3.83. The average molecular weight is 483 g/mol. The zero-order chi connectivity index (χ0) is 23.4. The van der Waals surface area contributed by atoms with Crippen molar-refractivity contribution in [2.45, 2.75) is 75.5 Å². The number of aliphatic hydroxyl groups is 1. The number of hydrogen-bond donors (Lipinski definition) is 2. The topological polar surface area (TPSA) is 78.8 Å². The highest BCUT2D eigenvalue weighted by molar-refractivity contribution is 7.94. The minimum absolute atomic E-state index is 0.0531. The number of thiophene rings is 1. The number of aryl methyl sites for hydroxylation is 1. The van der Waals surface area contributed by atoms with Crippen molar-refractivity contribution in [3.63, 3.8) is 0 Å². The van der Waals surface area contributed by atoms with E-state index in [4.69, 9.17) is 0 Å². The second kappa shape index (κ2) is 8.27. The van der Waals surface area contributed by atoms with E-state index in [9.17, 15) is 18.5 Å². The maximum absolute atomic E-state index is 15.2. The Kier molecular flexibility index (Phi) is 6.07. The first-order valence-electron chi connectivity index (χ1n) is 10.8. The Morgan fingerprint density at radius 3 is 2.09 bits per heavy atom. The van der Waals surface area contributed by atoms with E-state index in [0.29, 0.717) is 28.8 Å². The lowest BCUT2D eigenvalue weighted by molar-refractivity contribution is -0.117. The van der Waals surface area contributed by atoms with Crippen molar-refractivity contribution >= 4 is 27.2 Å². The summed E-state index contributed by atoms with van der Waals surface area (Å²) in [6, 6.07) is 0. The normalized spacial score (nSPS) is 17.2. The number of rotatable bonds is 5. The zero-order valence-corrected chi connectivity index (χ0v) is 20.4. The van der Waals surface area contributed by atoms with Crippen LogP contribution in [-0.2, 0) is 52.4 Å². The molecule has 1 heterocycles. The number of benzene rings is 1. The molecule has 0 bridgehead atoms. The van der Waals surface area contributed by atoms with Gasteiger partial charge in [-0.25, -0.2) is 17.7 Å². The molecular weight excluding hydrogens is 454 g/mol. The summed E-state index contributed by atoms with van der Waals surface area (Å²) >= 11 is 0.921. The molecule has 2 N–H and O–H groups in total. The van der Waals surface area contributed by atoms with Crippen molar-refractivity contribution in [1.29, 1.82) is 0 Å². The number of nitrogens with zero attached hydrogens (tertiary/aromatic N) is 1. The van der Waals surface area contributed by atoms with Crippen LogP contribution in [0.4, 0.5) is 8.78 Å². The van der Waals surface area contributed by atoms with Gasteiger partial charge in [-0.2, -0.15) is 0 Å². The van der Waals surface area contributed by atoms with E-state index in [1.54, 1.807) is 6.92 Å². The van der Waals surface area contributed by atoms with Gasteiger partial charge in [-0.05, 0) is 94.2 Å². The molecule has 5 nitrogen and oxygen atoms in total. The van der Waals surface area contributed by atoms with Gasteiger partial charge < -0.3 is 5.11 Å². The minimum atomic E-state index is -3.57. The van der Waals surface area contributed by atoms with Crippen molar-refractivity contribution in [2.24, 2.45) is 4.36 Å². The number of fused-ring (bicyclic) bond motifs is 2. The number of nitrogens with one attached hydrogen (secondary N) is 1. The Balaban J connectivity index is 1.76. The standard InChI is InChI=1S/C23H28F2N2O3S2/c1-12-19(23(2,3)29)21(25)22(31-12)32(30,26-4)27-18(28)11-17-13-7-5-9-15(13)20(24)16-10-6-8-14(16)17/h29H,5-11H2,1-4H3,(H,26,27,28,30). The highest BCUT2D eigenvalue weighted by Crippen LogP contribution is 2.39. The van der Waals surface area contributed by atoms with Crippen LogP contribution in [0.25, 0.3) is 0 Å². The summed E-state index contributed by atoms with van der Waals surface area (Å²) in [5.74, 6) is -1.55. The molecule has 0 aliphatic heterocycles. The summed E-state index contributed by atoms with van der Waals surface area (Å²) in [4.78, 5) is 13.5. The van der Waals surface area contributed by atoms with Gasteiger partial charge in [-0.3, -0.25) is 4.79 Å². The number of amides is 1. The van der Waals surface area contributed by atoms with Gasteiger partial charge in [-0.15, -0.1) is 15.7 Å². The Morgan fingerprint density at radius 2 is 1.62 bits per heavy atom. The number of hydrogen-bond acceptors (Lipinski definition) is 4. The van der Waals surface area contributed by atoms with Crippen LogP contribution >= 0.6 is 11.3 Å². The molecule has 0 spiro atoms. The summed E-state index contributed by atoms with van der Waals surface area (Å²) < 4.78 is 49.9. The van der Waals surface area contributed by atoms with Crippen molar-refractivity contribution in [2.75, 3.05) is 7.05 Å². The minimum Gasteiger partial charge on any atom is -0.386 e. The Bertz CT molecular complexity index is 1200. The molecule has 0 saturated carbocycles. The van der Waals surface area contributed by atoms with E-state index in [1.165, 1.54) is 20.9 Å². The van der Waals surface area contributed by atoms with Gasteiger partial charge >= 0.3 is 0 Å². The van der Waals surface area contributed by atoms with Crippen LogP contribution in [0.5, 0.6) is 0 Å². The zero-order valence-electron chi connectivity index (χ0n) is 18.7. The van der Waals surface area contributed by atoms with Crippen LogP contribution in [0.2, 0.25) is 0 Å². The Labute approximate surface area is 191 Å². The Hall–Kier alpha value is -1.68. The highest BCUT2D eigenvalue weighted by Gasteiger charge is 2.33. The first-order valence-corrected chi connectivity index (χ1v) is 13.1. The fourth-order valence-corrected chi connectivity index (χ4v) is 8.25. The molecule has 1 unspecified atom stereocenters. The molecule has 1 amide bonds. The quantitative estimate of drug-likeness (QED) is 0.668.